The molecule has 0 heterocycles. The van der Waals surface area contributed by atoms with E-state index in [0.29, 0.717) is 23.9 Å². The molecule has 0 aliphatic heterocycles. The number of carbonyl (C=O) groups is 1. The molecule has 0 bridgehead atoms. The van der Waals surface area contributed by atoms with Crippen molar-refractivity contribution in [2.75, 3.05) is 25.5 Å². The molecule has 2 rings (SSSR count). The van der Waals surface area contributed by atoms with E-state index in [1.165, 1.54) is 7.11 Å². The molecule has 2 aromatic rings. The quantitative estimate of drug-likeness (QED) is 0.742. The third kappa shape index (κ3) is 5.01. The maximum atomic E-state index is 14.0. The Morgan fingerprint density at radius 2 is 1.89 bits per heavy atom. The first-order valence-corrected chi connectivity index (χ1v) is 9.61. The van der Waals surface area contributed by atoms with Gasteiger partial charge in [-0.05, 0) is 30.7 Å². The molecule has 1 N–H and O–H groups in total. The summed E-state index contributed by atoms with van der Waals surface area (Å²) in [5.41, 5.74) is 0.381. The number of methoxy groups -OCH3 is 1. The van der Waals surface area contributed by atoms with Crippen LogP contribution in [0, 0.1) is 11.6 Å². The Morgan fingerprint density at radius 1 is 1.19 bits per heavy atom. The van der Waals surface area contributed by atoms with E-state index in [0.717, 1.165) is 16.4 Å². The minimum absolute atomic E-state index is 0.00149. The topological polar surface area (TPSA) is 75.7 Å². The van der Waals surface area contributed by atoms with Crippen LogP contribution < -0.4 is 10.1 Å². The molecule has 146 valence electrons. The number of anilines is 1. The lowest BCUT2D eigenvalue weighted by Crippen LogP contribution is -2.38. The lowest BCUT2D eigenvalue weighted by atomic mass is 10.3. The van der Waals surface area contributed by atoms with Crippen molar-refractivity contribution in [3.63, 3.8) is 0 Å². The molecule has 9 heteroatoms. The Morgan fingerprint density at radius 3 is 2.52 bits per heavy atom. The van der Waals surface area contributed by atoms with Gasteiger partial charge in [0.2, 0.25) is 15.9 Å². The summed E-state index contributed by atoms with van der Waals surface area (Å²) in [4.78, 5) is 11.7. The molecule has 27 heavy (non-hydrogen) atoms. The summed E-state index contributed by atoms with van der Waals surface area (Å²) in [7, 11) is -2.87. The Kier molecular flexibility index (Phi) is 6.86. The molecular formula is C18H20F2N2O4S. The third-order valence-corrected chi connectivity index (χ3v) is 5.56. The maximum absolute atomic E-state index is 14.0. The fourth-order valence-electron chi connectivity index (χ4n) is 2.45. The number of ether oxygens (including phenoxy) is 1. The van der Waals surface area contributed by atoms with Crippen molar-refractivity contribution >= 4 is 21.6 Å². The summed E-state index contributed by atoms with van der Waals surface area (Å²) in [5, 5.41) is 2.57. The number of sulfonamides is 1. The Bertz CT molecular complexity index is 919. The highest BCUT2D eigenvalue weighted by molar-refractivity contribution is 7.89. The fourth-order valence-corrected chi connectivity index (χ4v) is 3.99. The number of nitrogens with one attached hydrogen (secondary N) is 1. The number of para-hydroxylation sites is 2. The van der Waals surface area contributed by atoms with Crippen molar-refractivity contribution in [3.05, 3.63) is 54.1 Å². The molecule has 2 aromatic carbocycles. The van der Waals surface area contributed by atoms with Gasteiger partial charge in [-0.15, -0.1) is 0 Å². The molecule has 0 unspecified atom stereocenters. The van der Waals surface area contributed by atoms with Gasteiger partial charge in [0, 0.05) is 12.6 Å². The van der Waals surface area contributed by atoms with E-state index in [-0.39, 0.29) is 6.54 Å². The van der Waals surface area contributed by atoms with Crippen molar-refractivity contribution < 1.29 is 26.7 Å². The van der Waals surface area contributed by atoms with Crippen molar-refractivity contribution in [2.45, 2.75) is 18.2 Å². The van der Waals surface area contributed by atoms with Crippen LogP contribution in [0.25, 0.3) is 0 Å². The molecule has 0 aromatic heterocycles. The number of hydrogen-bond donors (Lipinski definition) is 1. The number of benzene rings is 2. The van der Waals surface area contributed by atoms with Crippen LogP contribution in [0.4, 0.5) is 14.5 Å². The monoisotopic (exact) mass is 398 g/mol. The molecule has 0 saturated heterocycles. The van der Waals surface area contributed by atoms with Crippen LogP contribution in [-0.2, 0) is 14.8 Å². The van der Waals surface area contributed by atoms with Crippen molar-refractivity contribution in [1.29, 1.82) is 0 Å². The predicted octanol–water partition coefficient (Wildman–Crippen LogP) is 3.01. The van der Waals surface area contributed by atoms with Gasteiger partial charge in [0.25, 0.3) is 0 Å². The van der Waals surface area contributed by atoms with Gasteiger partial charge >= 0.3 is 0 Å². The van der Waals surface area contributed by atoms with Crippen LogP contribution in [-0.4, -0.2) is 38.8 Å². The summed E-state index contributed by atoms with van der Waals surface area (Å²) in [6.07, 6.45) is 0.407. The third-order valence-electron chi connectivity index (χ3n) is 3.69. The van der Waals surface area contributed by atoms with Gasteiger partial charge in [0.05, 0.1) is 19.3 Å². The van der Waals surface area contributed by atoms with E-state index in [1.54, 1.807) is 31.2 Å². The first-order valence-electron chi connectivity index (χ1n) is 8.17. The number of amides is 1. The summed E-state index contributed by atoms with van der Waals surface area (Å²) < 4.78 is 58.5. The second-order valence-electron chi connectivity index (χ2n) is 5.66. The van der Waals surface area contributed by atoms with Gasteiger partial charge < -0.3 is 10.1 Å². The summed E-state index contributed by atoms with van der Waals surface area (Å²) >= 11 is 0. The molecule has 0 saturated carbocycles. The highest BCUT2D eigenvalue weighted by Crippen LogP contribution is 2.24. The summed E-state index contributed by atoms with van der Waals surface area (Å²) in [6.45, 7) is 1.20. The molecule has 6 nitrogen and oxygen atoms in total. The molecule has 0 atom stereocenters. The second kappa shape index (κ2) is 8.92. The highest BCUT2D eigenvalue weighted by Gasteiger charge is 2.29. The first-order chi connectivity index (χ1) is 12.8. The first kappa shape index (κ1) is 20.8. The molecule has 0 spiro atoms. The van der Waals surface area contributed by atoms with Gasteiger partial charge in [0.1, 0.15) is 22.3 Å². The maximum Gasteiger partial charge on any atom is 0.246 e. The molecular weight excluding hydrogens is 378 g/mol. The average molecular weight is 398 g/mol. The van der Waals surface area contributed by atoms with Crippen molar-refractivity contribution in [1.82, 2.24) is 4.31 Å². The minimum atomic E-state index is -4.31. The smallest absolute Gasteiger partial charge is 0.246 e. The minimum Gasteiger partial charge on any atom is -0.495 e. The molecule has 0 radical (unpaired) electrons. The molecule has 0 fully saturated rings. The van der Waals surface area contributed by atoms with Gasteiger partial charge in [0.15, 0.2) is 0 Å². The van der Waals surface area contributed by atoms with Gasteiger partial charge in [-0.2, -0.15) is 4.31 Å². The van der Waals surface area contributed by atoms with Crippen molar-refractivity contribution in [2.24, 2.45) is 0 Å². The Balaban J connectivity index is 2.24. The van der Waals surface area contributed by atoms with Crippen LogP contribution in [0.5, 0.6) is 5.75 Å². The fraction of sp³-hybridized carbons (Fsp3) is 0.278. The SMILES string of the molecule is CCCN(CC(=O)Nc1ccccc1OC)S(=O)(=O)c1ccc(F)cc1F. The Labute approximate surface area is 156 Å². The largest absolute Gasteiger partial charge is 0.495 e. The highest BCUT2D eigenvalue weighted by atomic mass is 32.2. The second-order valence-corrected chi connectivity index (χ2v) is 7.57. The predicted molar refractivity (Wildman–Crippen MR) is 97.0 cm³/mol. The van der Waals surface area contributed by atoms with Crippen molar-refractivity contribution in [3.8, 4) is 5.75 Å². The lowest BCUT2D eigenvalue weighted by molar-refractivity contribution is -0.116. The number of carbonyl (C=O) groups excluding carboxylic acids is 1. The van der Waals surface area contributed by atoms with E-state index < -0.39 is 39.0 Å². The number of halogens is 2. The van der Waals surface area contributed by atoms with Crippen LogP contribution in [0.2, 0.25) is 0 Å². The van der Waals surface area contributed by atoms with Gasteiger partial charge in [-0.25, -0.2) is 17.2 Å². The van der Waals surface area contributed by atoms with Crippen LogP contribution >= 0.6 is 0 Å². The zero-order valence-electron chi connectivity index (χ0n) is 14.9. The van der Waals surface area contributed by atoms with E-state index in [2.05, 4.69) is 5.32 Å². The van der Waals surface area contributed by atoms with Gasteiger partial charge in [-0.3, -0.25) is 4.79 Å². The molecule has 1 amide bonds. The van der Waals surface area contributed by atoms with E-state index in [4.69, 9.17) is 4.74 Å². The summed E-state index contributed by atoms with van der Waals surface area (Å²) in [5.74, 6) is -2.29. The summed E-state index contributed by atoms with van der Waals surface area (Å²) in [6, 6.07) is 8.85. The molecule has 0 aliphatic rings. The zero-order valence-corrected chi connectivity index (χ0v) is 15.7. The van der Waals surface area contributed by atoms with Crippen LogP contribution in [0.3, 0.4) is 0 Å². The molecule has 0 aliphatic carbocycles. The normalized spacial score (nSPS) is 11.4. The Hall–Kier alpha value is -2.52. The number of nitrogens with zero attached hydrogens (tertiary/aromatic N) is 1. The lowest BCUT2D eigenvalue weighted by Gasteiger charge is -2.21. The van der Waals surface area contributed by atoms with E-state index >= 15 is 0 Å². The standard InChI is InChI=1S/C18H20F2N2O4S/c1-3-10-22(27(24,25)17-9-8-13(19)11-14(17)20)12-18(23)21-15-6-4-5-7-16(15)26-2/h4-9,11H,3,10,12H2,1-2H3,(H,21,23). The van der Waals surface area contributed by atoms with Gasteiger partial charge in [-0.1, -0.05) is 19.1 Å². The zero-order chi connectivity index (χ0) is 20.0. The van der Waals surface area contributed by atoms with E-state index in [9.17, 15) is 22.0 Å². The number of rotatable bonds is 8. The average Bonchev–Trinajstić information content (AvgIpc) is 2.61. The van der Waals surface area contributed by atoms with Crippen LogP contribution in [0.1, 0.15) is 13.3 Å². The number of hydrogen-bond acceptors (Lipinski definition) is 4. The van der Waals surface area contributed by atoms with E-state index in [1.807, 2.05) is 0 Å². The van der Waals surface area contributed by atoms with Crippen LogP contribution in [0.15, 0.2) is 47.4 Å².